The van der Waals surface area contributed by atoms with E-state index in [1.54, 1.807) is 12.1 Å². The van der Waals surface area contributed by atoms with Crippen molar-refractivity contribution in [2.24, 2.45) is 0 Å². The van der Waals surface area contributed by atoms with Crippen molar-refractivity contribution in [3.8, 4) is 17.5 Å². The molecule has 6 nitrogen and oxygen atoms in total. The number of aryl methyl sites for hydroxylation is 3. The average molecular weight is 391 g/mol. The minimum Gasteiger partial charge on any atom is -0.493 e. The number of hydrogen-bond donors (Lipinski definition) is 1. The van der Waals surface area contributed by atoms with Crippen LogP contribution < -0.4 is 14.8 Å². The zero-order chi connectivity index (χ0) is 20.6. The van der Waals surface area contributed by atoms with Gasteiger partial charge in [0.1, 0.15) is 11.5 Å². The molecule has 6 heteroatoms. The van der Waals surface area contributed by atoms with Gasteiger partial charge in [0, 0.05) is 29.6 Å². The summed E-state index contributed by atoms with van der Waals surface area (Å²) < 4.78 is 11.5. The number of anilines is 1. The van der Waals surface area contributed by atoms with E-state index in [1.807, 2.05) is 63.2 Å². The monoisotopic (exact) mass is 391 g/mol. The van der Waals surface area contributed by atoms with Gasteiger partial charge in [-0.05, 0) is 57.0 Å². The highest BCUT2D eigenvalue weighted by Crippen LogP contribution is 2.22. The zero-order valence-electron chi connectivity index (χ0n) is 16.9. The zero-order valence-corrected chi connectivity index (χ0v) is 16.9. The normalized spacial score (nSPS) is 10.4. The van der Waals surface area contributed by atoms with Crippen molar-refractivity contribution in [1.82, 2.24) is 9.97 Å². The van der Waals surface area contributed by atoms with E-state index in [0.29, 0.717) is 36.9 Å². The number of nitrogens with zero attached hydrogens (tertiary/aromatic N) is 2. The van der Waals surface area contributed by atoms with Crippen LogP contribution in [0, 0.1) is 20.8 Å². The first-order valence-corrected chi connectivity index (χ1v) is 9.58. The van der Waals surface area contributed by atoms with Crippen molar-refractivity contribution >= 4 is 11.6 Å². The summed E-state index contributed by atoms with van der Waals surface area (Å²) >= 11 is 0. The summed E-state index contributed by atoms with van der Waals surface area (Å²) in [5.41, 5.74) is 3.42. The van der Waals surface area contributed by atoms with Crippen LogP contribution in [0.1, 0.15) is 29.8 Å². The summed E-state index contributed by atoms with van der Waals surface area (Å²) in [6.07, 6.45) is 1.00. The lowest BCUT2D eigenvalue weighted by Crippen LogP contribution is -2.13. The first-order chi connectivity index (χ1) is 14.0. The van der Waals surface area contributed by atoms with Crippen molar-refractivity contribution in [1.29, 1.82) is 0 Å². The molecule has 3 rings (SSSR count). The predicted molar refractivity (Wildman–Crippen MR) is 113 cm³/mol. The lowest BCUT2D eigenvalue weighted by molar-refractivity contribution is -0.116. The van der Waals surface area contributed by atoms with Crippen LogP contribution in [0.4, 0.5) is 5.69 Å². The number of carbonyl (C=O) groups is 1. The van der Waals surface area contributed by atoms with E-state index < -0.39 is 0 Å². The second-order valence-corrected chi connectivity index (χ2v) is 6.83. The standard InChI is InChI=1S/C23H25N3O3/c1-16-8-4-5-11-21(16)28-13-7-12-22(27)26-19-9-6-10-20(15-19)29-23-24-17(2)14-18(3)25-23/h4-6,8-11,14-15H,7,12-13H2,1-3H3,(H,26,27). The molecule has 29 heavy (non-hydrogen) atoms. The molecule has 150 valence electrons. The Morgan fingerprint density at radius 2 is 1.72 bits per heavy atom. The fourth-order valence-electron chi connectivity index (χ4n) is 2.84. The molecule has 1 N–H and O–H groups in total. The van der Waals surface area contributed by atoms with E-state index in [-0.39, 0.29) is 5.91 Å². The molecule has 2 aromatic carbocycles. The molecule has 3 aromatic rings. The highest BCUT2D eigenvalue weighted by Gasteiger charge is 2.07. The van der Waals surface area contributed by atoms with E-state index in [2.05, 4.69) is 15.3 Å². The molecule has 0 fully saturated rings. The van der Waals surface area contributed by atoms with E-state index in [0.717, 1.165) is 22.7 Å². The van der Waals surface area contributed by atoms with Crippen molar-refractivity contribution in [2.75, 3.05) is 11.9 Å². The predicted octanol–water partition coefficient (Wildman–Crippen LogP) is 4.99. The number of para-hydroxylation sites is 1. The molecule has 0 radical (unpaired) electrons. The summed E-state index contributed by atoms with van der Waals surface area (Å²) in [5.74, 6) is 1.35. The van der Waals surface area contributed by atoms with Crippen molar-refractivity contribution < 1.29 is 14.3 Å². The van der Waals surface area contributed by atoms with E-state index >= 15 is 0 Å². The summed E-state index contributed by atoms with van der Waals surface area (Å²) in [7, 11) is 0. The van der Waals surface area contributed by atoms with Crippen LogP contribution in [0.3, 0.4) is 0 Å². The third kappa shape index (κ3) is 6.31. The molecule has 0 aliphatic heterocycles. The van der Waals surface area contributed by atoms with Gasteiger partial charge < -0.3 is 14.8 Å². The number of nitrogens with one attached hydrogen (secondary N) is 1. The Morgan fingerprint density at radius 3 is 2.48 bits per heavy atom. The van der Waals surface area contributed by atoms with Gasteiger partial charge in [-0.3, -0.25) is 4.79 Å². The Balaban J connectivity index is 1.49. The van der Waals surface area contributed by atoms with Crippen molar-refractivity contribution in [3.05, 3.63) is 71.5 Å². The number of amides is 1. The molecular formula is C23H25N3O3. The van der Waals surface area contributed by atoms with Crippen molar-refractivity contribution in [2.45, 2.75) is 33.6 Å². The Morgan fingerprint density at radius 1 is 0.966 bits per heavy atom. The summed E-state index contributed by atoms with van der Waals surface area (Å²) in [6, 6.07) is 17.2. The maximum atomic E-state index is 12.2. The third-order valence-electron chi connectivity index (χ3n) is 4.19. The van der Waals surface area contributed by atoms with Gasteiger partial charge in [0.25, 0.3) is 0 Å². The number of ether oxygens (including phenoxy) is 2. The molecule has 0 atom stereocenters. The Bertz CT molecular complexity index is 968. The molecule has 1 amide bonds. The van der Waals surface area contributed by atoms with Gasteiger partial charge in [-0.1, -0.05) is 24.3 Å². The van der Waals surface area contributed by atoms with Crippen molar-refractivity contribution in [3.63, 3.8) is 0 Å². The Labute approximate surface area is 170 Å². The lowest BCUT2D eigenvalue weighted by Gasteiger charge is -2.10. The largest absolute Gasteiger partial charge is 0.493 e. The van der Waals surface area contributed by atoms with Crippen LogP contribution in [-0.4, -0.2) is 22.5 Å². The second-order valence-electron chi connectivity index (χ2n) is 6.83. The number of carbonyl (C=O) groups excluding carboxylic acids is 1. The summed E-state index contributed by atoms with van der Waals surface area (Å²) in [5, 5.41) is 2.89. The van der Waals surface area contributed by atoms with Gasteiger partial charge in [0.2, 0.25) is 5.91 Å². The molecule has 0 saturated carbocycles. The molecule has 0 bridgehead atoms. The minimum absolute atomic E-state index is 0.0711. The quantitative estimate of drug-likeness (QED) is 0.548. The molecule has 1 aromatic heterocycles. The van der Waals surface area contributed by atoms with Gasteiger partial charge in [-0.25, -0.2) is 9.97 Å². The maximum Gasteiger partial charge on any atom is 0.322 e. The van der Waals surface area contributed by atoms with Crippen LogP contribution in [0.15, 0.2) is 54.6 Å². The Kier molecular flexibility index (Phi) is 6.79. The van der Waals surface area contributed by atoms with Gasteiger partial charge in [-0.2, -0.15) is 0 Å². The van der Waals surface area contributed by atoms with Gasteiger partial charge >= 0.3 is 6.01 Å². The Hall–Kier alpha value is -3.41. The molecule has 0 saturated heterocycles. The summed E-state index contributed by atoms with van der Waals surface area (Å²) in [4.78, 5) is 20.8. The molecule has 0 aliphatic rings. The SMILES string of the molecule is Cc1cc(C)nc(Oc2cccc(NC(=O)CCCOc3ccccc3C)c2)n1. The van der Waals surface area contributed by atoms with Gasteiger partial charge in [0.05, 0.1) is 6.61 Å². The number of benzene rings is 2. The first kappa shape index (κ1) is 20.3. The van der Waals surface area contributed by atoms with Crippen LogP contribution in [0.5, 0.6) is 17.5 Å². The molecule has 1 heterocycles. The fourth-order valence-corrected chi connectivity index (χ4v) is 2.84. The number of rotatable bonds is 8. The van der Waals surface area contributed by atoms with Crippen LogP contribution in [0.25, 0.3) is 0 Å². The highest BCUT2D eigenvalue weighted by molar-refractivity contribution is 5.90. The van der Waals surface area contributed by atoms with E-state index in [1.165, 1.54) is 0 Å². The average Bonchev–Trinajstić information content (AvgIpc) is 2.66. The number of aromatic nitrogens is 2. The van der Waals surface area contributed by atoms with E-state index in [4.69, 9.17) is 9.47 Å². The molecule has 0 aliphatic carbocycles. The summed E-state index contributed by atoms with van der Waals surface area (Å²) in [6.45, 7) is 6.27. The third-order valence-corrected chi connectivity index (χ3v) is 4.19. The van der Waals surface area contributed by atoms with Crippen LogP contribution in [-0.2, 0) is 4.79 Å². The van der Waals surface area contributed by atoms with Gasteiger partial charge in [0.15, 0.2) is 0 Å². The molecule has 0 unspecified atom stereocenters. The molecular weight excluding hydrogens is 366 g/mol. The number of hydrogen-bond acceptors (Lipinski definition) is 5. The molecule has 0 spiro atoms. The van der Waals surface area contributed by atoms with E-state index in [9.17, 15) is 4.79 Å². The van der Waals surface area contributed by atoms with Crippen LogP contribution in [0.2, 0.25) is 0 Å². The maximum absolute atomic E-state index is 12.2. The first-order valence-electron chi connectivity index (χ1n) is 9.58. The van der Waals surface area contributed by atoms with Gasteiger partial charge in [-0.15, -0.1) is 0 Å². The minimum atomic E-state index is -0.0711. The highest BCUT2D eigenvalue weighted by atomic mass is 16.5. The fraction of sp³-hybridized carbons (Fsp3) is 0.261. The van der Waals surface area contributed by atoms with Crippen LogP contribution >= 0.6 is 0 Å². The lowest BCUT2D eigenvalue weighted by atomic mass is 10.2. The smallest absolute Gasteiger partial charge is 0.322 e. The topological polar surface area (TPSA) is 73.3 Å². The second kappa shape index (κ2) is 9.68.